The van der Waals surface area contributed by atoms with Crippen molar-refractivity contribution in [3.05, 3.63) is 34.4 Å². The van der Waals surface area contributed by atoms with Crippen molar-refractivity contribution in [2.45, 2.75) is 26.1 Å². The first-order valence-electron chi connectivity index (χ1n) is 4.94. The third-order valence-corrected chi connectivity index (χ3v) is 3.20. The number of nitrogens with zero attached hydrogens (tertiary/aromatic N) is 1. The van der Waals surface area contributed by atoms with Crippen molar-refractivity contribution in [1.29, 1.82) is 5.26 Å². The molecule has 0 aliphatic rings. The molecule has 0 spiro atoms. The molecule has 1 rings (SSSR count). The second-order valence-electron chi connectivity index (χ2n) is 3.80. The van der Waals surface area contributed by atoms with Crippen LogP contribution in [-0.4, -0.2) is 21.6 Å². The SMILES string of the molecule is Cc1cc(C#N)cc(C)c1C(O)C(O)CBr. The average molecular weight is 284 g/mol. The molecule has 0 saturated heterocycles. The van der Waals surface area contributed by atoms with E-state index in [4.69, 9.17) is 5.26 Å². The Morgan fingerprint density at radius 1 is 1.31 bits per heavy atom. The number of aliphatic hydroxyl groups is 2. The molecule has 0 amide bonds. The van der Waals surface area contributed by atoms with E-state index in [-0.39, 0.29) is 0 Å². The number of alkyl halides is 1. The maximum Gasteiger partial charge on any atom is 0.106 e. The van der Waals surface area contributed by atoms with E-state index in [0.29, 0.717) is 16.5 Å². The molecule has 0 bridgehead atoms. The predicted molar refractivity (Wildman–Crippen MR) is 65.4 cm³/mol. The minimum atomic E-state index is -0.924. The molecule has 0 aromatic heterocycles. The molecule has 2 unspecified atom stereocenters. The third-order valence-electron chi connectivity index (χ3n) is 2.54. The lowest BCUT2D eigenvalue weighted by atomic mass is 9.93. The van der Waals surface area contributed by atoms with Gasteiger partial charge in [0.15, 0.2) is 0 Å². The van der Waals surface area contributed by atoms with Crippen LogP contribution in [0.2, 0.25) is 0 Å². The van der Waals surface area contributed by atoms with Gasteiger partial charge >= 0.3 is 0 Å². The lowest BCUT2D eigenvalue weighted by Crippen LogP contribution is -2.21. The highest BCUT2D eigenvalue weighted by atomic mass is 79.9. The summed E-state index contributed by atoms with van der Waals surface area (Å²) in [5.74, 6) is 0. The van der Waals surface area contributed by atoms with Crippen LogP contribution in [0.25, 0.3) is 0 Å². The minimum Gasteiger partial charge on any atom is -0.389 e. The van der Waals surface area contributed by atoms with Gasteiger partial charge in [0.05, 0.1) is 17.7 Å². The summed E-state index contributed by atoms with van der Waals surface area (Å²) in [6.45, 7) is 3.65. The molecule has 1 aromatic rings. The molecule has 2 N–H and O–H groups in total. The average Bonchev–Trinajstić information content (AvgIpc) is 2.26. The third kappa shape index (κ3) is 2.62. The van der Waals surface area contributed by atoms with Crippen molar-refractivity contribution in [2.75, 3.05) is 5.33 Å². The summed E-state index contributed by atoms with van der Waals surface area (Å²) >= 11 is 3.13. The second kappa shape index (κ2) is 5.44. The normalized spacial score (nSPS) is 14.2. The first-order valence-corrected chi connectivity index (χ1v) is 6.06. The zero-order valence-corrected chi connectivity index (χ0v) is 10.8. The summed E-state index contributed by atoms with van der Waals surface area (Å²) < 4.78 is 0. The minimum absolute atomic E-state index is 0.313. The fraction of sp³-hybridized carbons (Fsp3) is 0.417. The van der Waals surface area contributed by atoms with Crippen LogP contribution in [-0.2, 0) is 0 Å². The number of benzene rings is 1. The Morgan fingerprint density at radius 3 is 2.19 bits per heavy atom. The van der Waals surface area contributed by atoms with Crippen LogP contribution in [0, 0.1) is 25.2 Å². The molecule has 1 aromatic carbocycles. The summed E-state index contributed by atoms with van der Waals surface area (Å²) in [6.07, 6.45) is -1.77. The van der Waals surface area contributed by atoms with Crippen LogP contribution >= 0.6 is 15.9 Å². The maximum atomic E-state index is 9.95. The van der Waals surface area contributed by atoms with Crippen molar-refractivity contribution in [1.82, 2.24) is 0 Å². The van der Waals surface area contributed by atoms with Crippen molar-refractivity contribution in [3.63, 3.8) is 0 Å². The van der Waals surface area contributed by atoms with Gasteiger partial charge in [-0.2, -0.15) is 5.26 Å². The van der Waals surface area contributed by atoms with Gasteiger partial charge in [-0.1, -0.05) is 15.9 Å². The highest BCUT2D eigenvalue weighted by Gasteiger charge is 2.21. The molecule has 0 saturated carbocycles. The number of hydrogen-bond acceptors (Lipinski definition) is 3. The lowest BCUT2D eigenvalue weighted by molar-refractivity contribution is 0.0335. The number of hydrogen-bond donors (Lipinski definition) is 2. The van der Waals surface area contributed by atoms with E-state index in [1.807, 2.05) is 13.8 Å². The van der Waals surface area contributed by atoms with Crippen LogP contribution in [0.4, 0.5) is 0 Å². The topological polar surface area (TPSA) is 64.2 Å². The molecule has 0 aliphatic carbocycles. The van der Waals surface area contributed by atoms with Crippen LogP contribution < -0.4 is 0 Å². The van der Waals surface area contributed by atoms with Crippen molar-refractivity contribution in [3.8, 4) is 6.07 Å². The number of rotatable bonds is 3. The van der Waals surface area contributed by atoms with Gasteiger partial charge in [-0.3, -0.25) is 0 Å². The van der Waals surface area contributed by atoms with Gasteiger partial charge in [0.25, 0.3) is 0 Å². The Kier molecular flexibility index (Phi) is 4.48. The molecule has 3 nitrogen and oxygen atoms in total. The highest BCUT2D eigenvalue weighted by Crippen LogP contribution is 2.26. The predicted octanol–water partition coefficient (Wildman–Crippen LogP) is 1.96. The molecular weight excluding hydrogens is 270 g/mol. The van der Waals surface area contributed by atoms with Gasteiger partial charge in [-0.15, -0.1) is 0 Å². The first-order chi connectivity index (χ1) is 7.51. The van der Waals surface area contributed by atoms with Gasteiger partial charge in [0.1, 0.15) is 6.10 Å². The van der Waals surface area contributed by atoms with Crippen molar-refractivity contribution in [2.24, 2.45) is 0 Å². The van der Waals surface area contributed by atoms with E-state index >= 15 is 0 Å². The molecular formula is C12H14BrNO2. The zero-order chi connectivity index (χ0) is 12.3. The molecule has 86 valence electrons. The summed E-state index contributed by atoms with van der Waals surface area (Å²) in [7, 11) is 0. The summed E-state index contributed by atoms with van der Waals surface area (Å²) in [6, 6.07) is 5.49. The first kappa shape index (κ1) is 13.2. The monoisotopic (exact) mass is 283 g/mol. The molecule has 0 aliphatic heterocycles. The largest absolute Gasteiger partial charge is 0.389 e. The van der Waals surface area contributed by atoms with Crippen LogP contribution in [0.15, 0.2) is 12.1 Å². The Hall–Kier alpha value is -0.890. The Balaban J connectivity index is 3.20. The second-order valence-corrected chi connectivity index (χ2v) is 4.45. The molecule has 0 fully saturated rings. The van der Waals surface area contributed by atoms with Gasteiger partial charge in [0.2, 0.25) is 0 Å². The zero-order valence-electron chi connectivity index (χ0n) is 9.24. The number of halogens is 1. The molecule has 16 heavy (non-hydrogen) atoms. The van der Waals surface area contributed by atoms with Crippen LogP contribution in [0.3, 0.4) is 0 Å². The Bertz CT molecular complexity index is 403. The standard InChI is InChI=1S/C12H14BrNO2/c1-7-3-9(6-14)4-8(2)11(7)12(16)10(15)5-13/h3-4,10,12,15-16H,5H2,1-2H3. The Morgan fingerprint density at radius 2 is 1.81 bits per heavy atom. The van der Waals surface area contributed by atoms with E-state index in [1.165, 1.54) is 0 Å². The van der Waals surface area contributed by atoms with Gasteiger partial charge < -0.3 is 10.2 Å². The summed E-state index contributed by atoms with van der Waals surface area (Å²) in [5, 5.41) is 28.7. The molecule has 0 radical (unpaired) electrons. The van der Waals surface area contributed by atoms with Crippen molar-refractivity contribution < 1.29 is 10.2 Å². The highest BCUT2D eigenvalue weighted by molar-refractivity contribution is 9.09. The molecule has 2 atom stereocenters. The summed E-state index contributed by atoms with van der Waals surface area (Å²) in [5.41, 5.74) is 2.92. The molecule has 4 heteroatoms. The van der Waals surface area contributed by atoms with Gasteiger partial charge in [0, 0.05) is 5.33 Å². The van der Waals surface area contributed by atoms with Gasteiger partial charge in [-0.25, -0.2) is 0 Å². The summed E-state index contributed by atoms with van der Waals surface area (Å²) in [4.78, 5) is 0. The van der Waals surface area contributed by atoms with E-state index in [9.17, 15) is 10.2 Å². The quantitative estimate of drug-likeness (QED) is 0.834. The van der Waals surface area contributed by atoms with Crippen LogP contribution in [0.5, 0.6) is 0 Å². The molecule has 0 heterocycles. The van der Waals surface area contributed by atoms with Crippen LogP contribution in [0.1, 0.15) is 28.4 Å². The van der Waals surface area contributed by atoms with E-state index in [0.717, 1.165) is 11.1 Å². The smallest absolute Gasteiger partial charge is 0.106 e. The maximum absolute atomic E-state index is 9.95. The Labute approximate surface area is 103 Å². The van der Waals surface area contributed by atoms with E-state index in [1.54, 1.807) is 12.1 Å². The number of aliphatic hydroxyl groups excluding tert-OH is 2. The lowest BCUT2D eigenvalue weighted by Gasteiger charge is -2.20. The van der Waals surface area contributed by atoms with Crippen molar-refractivity contribution >= 4 is 15.9 Å². The number of nitriles is 1. The fourth-order valence-electron chi connectivity index (χ4n) is 1.78. The van der Waals surface area contributed by atoms with Gasteiger partial charge in [-0.05, 0) is 42.7 Å². The fourth-order valence-corrected chi connectivity index (χ4v) is 2.14. The number of aryl methyl sites for hydroxylation is 2. The van der Waals surface area contributed by atoms with E-state index in [2.05, 4.69) is 22.0 Å². The van der Waals surface area contributed by atoms with E-state index < -0.39 is 12.2 Å².